The van der Waals surface area contributed by atoms with E-state index in [0.29, 0.717) is 19.7 Å². The van der Waals surface area contributed by atoms with Gasteiger partial charge in [0.15, 0.2) is 6.23 Å². The number of nitrogens with zero attached hydrogens (tertiary/aromatic N) is 2. The molecule has 0 spiro atoms. The van der Waals surface area contributed by atoms with Gasteiger partial charge in [-0.05, 0) is 29.3 Å². The average Bonchev–Trinajstić information content (AvgIpc) is 2.51. The molecule has 118 valence electrons. The maximum Gasteiger partial charge on any atom is 0.343 e. The Balaban J connectivity index is 2.10. The van der Waals surface area contributed by atoms with Gasteiger partial charge in [-0.1, -0.05) is 0 Å². The molecule has 1 amide bonds. The van der Waals surface area contributed by atoms with Crippen molar-refractivity contribution in [3.8, 4) is 0 Å². The van der Waals surface area contributed by atoms with Gasteiger partial charge in [-0.2, -0.15) is 0 Å². The van der Waals surface area contributed by atoms with Gasteiger partial charge in [0.2, 0.25) is 5.43 Å². The fraction of sp³-hybridized carbons (Fsp3) is 0.500. The van der Waals surface area contributed by atoms with Crippen LogP contribution in [0.3, 0.4) is 0 Å². The van der Waals surface area contributed by atoms with E-state index in [1.54, 1.807) is 16.4 Å². The predicted molar refractivity (Wildman–Crippen MR) is 79.8 cm³/mol. The van der Waals surface area contributed by atoms with E-state index in [2.05, 4.69) is 15.9 Å². The van der Waals surface area contributed by atoms with Crippen LogP contribution in [0, 0.1) is 0 Å². The lowest BCUT2D eigenvalue weighted by molar-refractivity contribution is -0.0919. The van der Waals surface area contributed by atoms with Crippen molar-refractivity contribution in [2.75, 3.05) is 19.8 Å². The number of esters is 1. The molecule has 0 bridgehead atoms. The van der Waals surface area contributed by atoms with Gasteiger partial charge in [0.1, 0.15) is 11.3 Å². The molecule has 0 N–H and O–H groups in total. The average molecular weight is 371 g/mol. The van der Waals surface area contributed by atoms with E-state index in [9.17, 15) is 14.4 Å². The van der Waals surface area contributed by atoms with E-state index in [4.69, 9.17) is 9.47 Å². The summed E-state index contributed by atoms with van der Waals surface area (Å²) in [5, 5.41) is 0. The van der Waals surface area contributed by atoms with Crippen LogP contribution in [0.5, 0.6) is 0 Å². The molecule has 1 aromatic heterocycles. The van der Waals surface area contributed by atoms with Crippen LogP contribution in [0.1, 0.15) is 34.2 Å². The Morgan fingerprint density at radius 3 is 3.00 bits per heavy atom. The molecule has 0 aliphatic carbocycles. The molecule has 3 heterocycles. The standard InChI is InChI=1S/C14H15BrN2O5/c1-2-21-14(20)8-6-16-7-9-17(4-3-5-22-9)13(19)11(16)10(15)12(8)18/h6,9H,2-5,7H2,1H3. The lowest BCUT2D eigenvalue weighted by Gasteiger charge is -2.40. The summed E-state index contributed by atoms with van der Waals surface area (Å²) in [4.78, 5) is 38.4. The Labute approximate surface area is 134 Å². The van der Waals surface area contributed by atoms with E-state index < -0.39 is 11.4 Å². The minimum absolute atomic E-state index is 0.0884. The fourth-order valence-electron chi connectivity index (χ4n) is 2.72. The molecule has 22 heavy (non-hydrogen) atoms. The minimum Gasteiger partial charge on any atom is -0.462 e. The van der Waals surface area contributed by atoms with Crippen LogP contribution in [0.25, 0.3) is 0 Å². The quantitative estimate of drug-likeness (QED) is 0.725. The monoisotopic (exact) mass is 370 g/mol. The van der Waals surface area contributed by atoms with Crippen molar-refractivity contribution in [1.29, 1.82) is 0 Å². The van der Waals surface area contributed by atoms with E-state index >= 15 is 0 Å². The van der Waals surface area contributed by atoms with E-state index in [1.807, 2.05) is 0 Å². The normalized spacial score (nSPS) is 20.4. The number of hydrogen-bond donors (Lipinski definition) is 0. The van der Waals surface area contributed by atoms with E-state index in [0.717, 1.165) is 6.42 Å². The Morgan fingerprint density at radius 1 is 1.50 bits per heavy atom. The van der Waals surface area contributed by atoms with Gasteiger partial charge in [-0.3, -0.25) is 9.59 Å². The van der Waals surface area contributed by atoms with Crippen LogP contribution < -0.4 is 5.43 Å². The van der Waals surface area contributed by atoms with Crippen molar-refractivity contribution in [3.05, 3.63) is 32.2 Å². The number of amides is 1. The van der Waals surface area contributed by atoms with Crippen molar-refractivity contribution in [3.63, 3.8) is 0 Å². The van der Waals surface area contributed by atoms with E-state index in [-0.39, 0.29) is 34.5 Å². The van der Waals surface area contributed by atoms with Crippen LogP contribution in [0.4, 0.5) is 0 Å². The number of fused-ring (bicyclic) bond motifs is 2. The molecule has 3 rings (SSSR count). The summed E-state index contributed by atoms with van der Waals surface area (Å²) in [6.07, 6.45) is 1.79. The van der Waals surface area contributed by atoms with Crippen molar-refractivity contribution in [2.45, 2.75) is 26.1 Å². The number of aromatic nitrogens is 1. The Morgan fingerprint density at radius 2 is 2.27 bits per heavy atom. The maximum absolute atomic E-state index is 12.6. The molecule has 0 aromatic carbocycles. The first-order valence-electron chi connectivity index (χ1n) is 7.07. The van der Waals surface area contributed by atoms with Gasteiger partial charge in [-0.15, -0.1) is 0 Å². The SMILES string of the molecule is CCOC(=O)c1cn2c(c(Br)c1=O)C(=O)N1CCCOC1C2. The van der Waals surface area contributed by atoms with Crippen molar-refractivity contribution in [1.82, 2.24) is 9.47 Å². The first-order chi connectivity index (χ1) is 10.5. The molecule has 1 aromatic rings. The number of carbonyl (C=O) groups is 2. The van der Waals surface area contributed by atoms with Gasteiger partial charge in [-0.25, -0.2) is 4.79 Å². The molecule has 7 nitrogen and oxygen atoms in total. The fourth-order valence-corrected chi connectivity index (χ4v) is 3.33. The number of carbonyl (C=O) groups excluding carboxylic acids is 2. The lowest BCUT2D eigenvalue weighted by atomic mass is 10.1. The second kappa shape index (κ2) is 5.85. The third kappa shape index (κ3) is 2.36. The first kappa shape index (κ1) is 15.2. The summed E-state index contributed by atoms with van der Waals surface area (Å²) in [5.74, 6) is -0.960. The predicted octanol–water partition coefficient (Wildman–Crippen LogP) is 0.990. The van der Waals surface area contributed by atoms with Gasteiger partial charge < -0.3 is 18.9 Å². The number of hydrogen-bond acceptors (Lipinski definition) is 5. The summed E-state index contributed by atoms with van der Waals surface area (Å²) in [6, 6.07) is 0. The zero-order valence-corrected chi connectivity index (χ0v) is 13.6. The third-order valence-electron chi connectivity index (χ3n) is 3.74. The molecule has 2 aliphatic heterocycles. The number of ether oxygens (including phenoxy) is 2. The highest BCUT2D eigenvalue weighted by Gasteiger charge is 2.37. The van der Waals surface area contributed by atoms with Gasteiger partial charge >= 0.3 is 5.97 Å². The number of halogens is 1. The van der Waals surface area contributed by atoms with Crippen LogP contribution in [0.15, 0.2) is 15.5 Å². The maximum atomic E-state index is 12.6. The topological polar surface area (TPSA) is 77.8 Å². The van der Waals surface area contributed by atoms with Crippen LogP contribution in [-0.2, 0) is 16.0 Å². The third-order valence-corrected chi connectivity index (χ3v) is 4.47. The zero-order chi connectivity index (χ0) is 15.9. The molecule has 1 atom stereocenters. The van der Waals surface area contributed by atoms with Gasteiger partial charge in [0.25, 0.3) is 5.91 Å². The summed E-state index contributed by atoms with van der Waals surface area (Å²) in [5.41, 5.74) is -0.372. The molecular formula is C14H15BrN2O5. The summed E-state index contributed by atoms with van der Waals surface area (Å²) >= 11 is 3.16. The van der Waals surface area contributed by atoms with Crippen LogP contribution in [0.2, 0.25) is 0 Å². The van der Waals surface area contributed by atoms with Crippen LogP contribution >= 0.6 is 15.9 Å². The summed E-state index contributed by atoms with van der Waals surface area (Å²) < 4.78 is 12.2. The highest BCUT2D eigenvalue weighted by atomic mass is 79.9. The lowest BCUT2D eigenvalue weighted by Crippen LogP contribution is -2.53. The highest BCUT2D eigenvalue weighted by Crippen LogP contribution is 2.26. The molecule has 1 unspecified atom stereocenters. The first-order valence-corrected chi connectivity index (χ1v) is 7.86. The molecule has 8 heteroatoms. The zero-order valence-electron chi connectivity index (χ0n) is 12.0. The van der Waals surface area contributed by atoms with Crippen molar-refractivity contribution in [2.24, 2.45) is 0 Å². The number of pyridine rings is 1. The van der Waals surface area contributed by atoms with Crippen LogP contribution in [-0.4, -0.2) is 47.3 Å². The summed E-state index contributed by atoms with van der Waals surface area (Å²) in [7, 11) is 0. The second-order valence-corrected chi connectivity index (χ2v) is 5.88. The molecule has 1 fully saturated rings. The van der Waals surface area contributed by atoms with E-state index in [1.165, 1.54) is 6.20 Å². The van der Waals surface area contributed by atoms with Crippen molar-refractivity contribution >= 4 is 27.8 Å². The van der Waals surface area contributed by atoms with Crippen molar-refractivity contribution < 1.29 is 19.1 Å². The minimum atomic E-state index is -0.692. The molecule has 1 saturated heterocycles. The van der Waals surface area contributed by atoms with Gasteiger partial charge in [0, 0.05) is 12.7 Å². The smallest absolute Gasteiger partial charge is 0.343 e. The number of rotatable bonds is 2. The molecule has 2 aliphatic rings. The molecule has 0 saturated carbocycles. The Kier molecular flexibility index (Phi) is 4.05. The Hall–Kier alpha value is -1.67. The highest BCUT2D eigenvalue weighted by molar-refractivity contribution is 9.10. The largest absolute Gasteiger partial charge is 0.462 e. The summed E-state index contributed by atoms with van der Waals surface area (Å²) in [6.45, 7) is 3.42. The molecular weight excluding hydrogens is 356 g/mol. The van der Waals surface area contributed by atoms with Gasteiger partial charge in [0.05, 0.1) is 24.2 Å². The molecule has 0 radical (unpaired) electrons. The second-order valence-electron chi connectivity index (χ2n) is 5.08. The Bertz CT molecular complexity index is 699.